The summed E-state index contributed by atoms with van der Waals surface area (Å²) in [5.41, 5.74) is 0.218. The van der Waals surface area contributed by atoms with E-state index < -0.39 is 21.3 Å². The first kappa shape index (κ1) is 21.7. The molecule has 4 rings (SSSR count). The summed E-state index contributed by atoms with van der Waals surface area (Å²) in [5, 5.41) is 8.30. The van der Waals surface area contributed by atoms with Crippen molar-refractivity contribution < 1.29 is 17.9 Å². The van der Waals surface area contributed by atoms with Crippen LogP contribution in [0.5, 0.6) is 5.75 Å². The Bertz CT molecular complexity index is 1270. The lowest BCUT2D eigenvalue weighted by Crippen LogP contribution is -2.43. The number of nitrogens with one attached hydrogen (secondary N) is 1. The van der Waals surface area contributed by atoms with Crippen molar-refractivity contribution in [2.75, 3.05) is 5.32 Å². The summed E-state index contributed by atoms with van der Waals surface area (Å²) >= 11 is 12.0. The number of carbonyl (C=O) groups excluding carboxylic acids is 1. The maximum atomic E-state index is 13.1. The number of halogens is 2. The Balaban J connectivity index is 1.68. The summed E-state index contributed by atoms with van der Waals surface area (Å²) in [6, 6.07) is 13.6. The first-order valence-corrected chi connectivity index (χ1v) is 11.9. The Morgan fingerprint density at radius 1 is 1.10 bits per heavy atom. The van der Waals surface area contributed by atoms with Gasteiger partial charge in [0.25, 0.3) is 5.91 Å². The van der Waals surface area contributed by atoms with Gasteiger partial charge in [0.2, 0.25) is 0 Å². The van der Waals surface area contributed by atoms with Crippen LogP contribution >= 0.6 is 23.2 Å². The Morgan fingerprint density at radius 3 is 2.48 bits per heavy atom. The highest BCUT2D eigenvalue weighted by Gasteiger charge is 2.36. The molecule has 1 aromatic heterocycles. The van der Waals surface area contributed by atoms with Gasteiger partial charge in [-0.1, -0.05) is 29.3 Å². The molecule has 0 fully saturated rings. The third-order valence-electron chi connectivity index (χ3n) is 4.81. The van der Waals surface area contributed by atoms with Crippen molar-refractivity contribution in [2.45, 2.75) is 31.0 Å². The van der Waals surface area contributed by atoms with Crippen LogP contribution in [0.25, 0.3) is 5.69 Å². The van der Waals surface area contributed by atoms with E-state index in [0.29, 0.717) is 32.7 Å². The average molecular weight is 480 g/mol. The Kier molecular flexibility index (Phi) is 5.49. The lowest BCUT2D eigenvalue weighted by molar-refractivity contribution is -0.128. The Labute approximate surface area is 189 Å². The van der Waals surface area contributed by atoms with Crippen molar-refractivity contribution in [2.24, 2.45) is 0 Å². The molecule has 0 atom stereocenters. The zero-order valence-corrected chi connectivity index (χ0v) is 19.1. The minimum absolute atomic E-state index is 0.177. The van der Waals surface area contributed by atoms with E-state index >= 15 is 0 Å². The third kappa shape index (κ3) is 4.56. The molecular formula is C21H19Cl2N3O4S. The van der Waals surface area contributed by atoms with Gasteiger partial charge in [0.1, 0.15) is 11.6 Å². The van der Waals surface area contributed by atoms with E-state index in [9.17, 15) is 13.2 Å². The number of rotatable bonds is 5. The average Bonchev–Trinajstić information content (AvgIpc) is 3.16. The molecule has 0 spiro atoms. The van der Waals surface area contributed by atoms with Gasteiger partial charge in [0.15, 0.2) is 15.4 Å². The molecule has 0 unspecified atom stereocenters. The highest BCUT2D eigenvalue weighted by Crippen LogP contribution is 2.34. The third-order valence-corrected chi connectivity index (χ3v) is 6.73. The second kappa shape index (κ2) is 7.85. The van der Waals surface area contributed by atoms with Crippen LogP contribution in [0.2, 0.25) is 10.0 Å². The molecule has 162 valence electrons. The second-order valence-electron chi connectivity index (χ2n) is 7.72. The smallest absolute Gasteiger partial charge is 0.269 e. The molecule has 3 aromatic rings. The lowest BCUT2D eigenvalue weighted by atomic mass is 10.1. The van der Waals surface area contributed by atoms with Gasteiger partial charge in [-0.25, -0.2) is 13.1 Å². The van der Waals surface area contributed by atoms with Crippen molar-refractivity contribution in [1.29, 1.82) is 0 Å². The van der Waals surface area contributed by atoms with Crippen molar-refractivity contribution in [3.05, 3.63) is 69.8 Å². The van der Waals surface area contributed by atoms with Crippen LogP contribution in [-0.4, -0.2) is 29.7 Å². The van der Waals surface area contributed by atoms with Crippen LogP contribution in [0.15, 0.2) is 48.5 Å². The number of aromatic nitrogens is 2. The van der Waals surface area contributed by atoms with Crippen molar-refractivity contribution in [3.63, 3.8) is 0 Å². The molecule has 31 heavy (non-hydrogen) atoms. The van der Waals surface area contributed by atoms with Crippen molar-refractivity contribution >= 4 is 44.8 Å². The largest absolute Gasteiger partial charge is 0.478 e. The van der Waals surface area contributed by atoms with Crippen LogP contribution in [-0.2, 0) is 26.1 Å². The number of sulfone groups is 1. The summed E-state index contributed by atoms with van der Waals surface area (Å²) in [4.78, 5) is 13.1. The molecule has 0 bridgehead atoms. The summed E-state index contributed by atoms with van der Waals surface area (Å²) in [5.74, 6) is -0.0741. The number of hydrogen-bond acceptors (Lipinski definition) is 5. The number of anilines is 1. The van der Waals surface area contributed by atoms with E-state index in [1.54, 1.807) is 62.4 Å². The quantitative estimate of drug-likeness (QED) is 0.585. The first-order valence-electron chi connectivity index (χ1n) is 9.37. The fraction of sp³-hybridized carbons (Fsp3) is 0.238. The van der Waals surface area contributed by atoms with E-state index in [0.717, 1.165) is 0 Å². The molecule has 1 aliphatic heterocycles. The van der Waals surface area contributed by atoms with E-state index in [2.05, 4.69) is 10.4 Å². The minimum Gasteiger partial charge on any atom is -0.478 e. The Hall–Kier alpha value is -2.55. The number of nitrogens with zero attached hydrogens (tertiary/aromatic N) is 2. The molecule has 1 aliphatic rings. The highest BCUT2D eigenvalue weighted by molar-refractivity contribution is 7.90. The normalized spacial score (nSPS) is 14.8. The number of ether oxygens (including phenoxy) is 1. The Morgan fingerprint density at radius 2 is 1.81 bits per heavy atom. The zero-order chi connectivity index (χ0) is 22.4. The van der Waals surface area contributed by atoms with E-state index in [1.807, 2.05) is 0 Å². The van der Waals surface area contributed by atoms with E-state index in [-0.39, 0.29) is 17.3 Å². The molecule has 2 heterocycles. The molecule has 7 nitrogen and oxygen atoms in total. The van der Waals surface area contributed by atoms with Gasteiger partial charge in [-0.15, -0.1) is 0 Å². The predicted molar refractivity (Wildman–Crippen MR) is 120 cm³/mol. The molecule has 0 aliphatic carbocycles. The van der Waals surface area contributed by atoms with Gasteiger partial charge in [0, 0.05) is 15.6 Å². The highest BCUT2D eigenvalue weighted by atomic mass is 35.5. The number of amides is 1. The van der Waals surface area contributed by atoms with Crippen LogP contribution in [0, 0.1) is 0 Å². The van der Waals surface area contributed by atoms with Gasteiger partial charge < -0.3 is 10.1 Å². The standard InChI is InChI=1S/C21H19Cl2N3O4S/c1-21(2,30-16-8-6-13(22)7-9-16)20(27)24-19-17-11-31(28,29)12-18(17)25-26(19)15-5-3-4-14(23)10-15/h3-10H,11-12H2,1-2H3,(H,24,27). The van der Waals surface area contributed by atoms with Crippen LogP contribution in [0.4, 0.5) is 5.82 Å². The molecule has 10 heteroatoms. The van der Waals surface area contributed by atoms with Crippen LogP contribution < -0.4 is 10.1 Å². The van der Waals surface area contributed by atoms with Crippen molar-refractivity contribution in [3.8, 4) is 11.4 Å². The van der Waals surface area contributed by atoms with Crippen LogP contribution in [0.3, 0.4) is 0 Å². The van der Waals surface area contributed by atoms with E-state index in [4.69, 9.17) is 27.9 Å². The van der Waals surface area contributed by atoms with Gasteiger partial charge >= 0.3 is 0 Å². The summed E-state index contributed by atoms with van der Waals surface area (Å²) in [7, 11) is -3.31. The van der Waals surface area contributed by atoms with Gasteiger partial charge in [-0.3, -0.25) is 4.79 Å². The van der Waals surface area contributed by atoms with Crippen LogP contribution in [0.1, 0.15) is 25.1 Å². The SMILES string of the molecule is CC(C)(Oc1ccc(Cl)cc1)C(=O)Nc1c2c(nn1-c1cccc(Cl)c1)CS(=O)(=O)C2. The maximum Gasteiger partial charge on any atom is 0.269 e. The fourth-order valence-corrected chi connectivity index (χ4v) is 5.07. The monoisotopic (exact) mass is 479 g/mol. The molecular weight excluding hydrogens is 461 g/mol. The summed E-state index contributed by atoms with van der Waals surface area (Å²) in [6.45, 7) is 3.24. The number of hydrogen-bond donors (Lipinski definition) is 1. The second-order valence-corrected chi connectivity index (χ2v) is 10.7. The van der Waals surface area contributed by atoms with Gasteiger partial charge in [-0.05, 0) is 56.3 Å². The molecule has 2 aromatic carbocycles. The maximum absolute atomic E-state index is 13.1. The fourth-order valence-electron chi connectivity index (χ4n) is 3.27. The zero-order valence-electron chi connectivity index (χ0n) is 16.7. The summed E-state index contributed by atoms with van der Waals surface area (Å²) in [6.07, 6.45) is 0. The number of carbonyl (C=O) groups is 1. The molecule has 0 saturated carbocycles. The number of fused-ring (bicyclic) bond motifs is 1. The number of benzene rings is 2. The predicted octanol–water partition coefficient (Wildman–Crippen LogP) is 4.40. The lowest BCUT2D eigenvalue weighted by Gasteiger charge is -2.25. The van der Waals surface area contributed by atoms with Gasteiger partial charge in [-0.2, -0.15) is 5.10 Å². The first-order chi connectivity index (χ1) is 14.5. The van der Waals surface area contributed by atoms with Gasteiger partial charge in [0.05, 0.1) is 22.9 Å². The van der Waals surface area contributed by atoms with Crippen molar-refractivity contribution in [1.82, 2.24) is 9.78 Å². The molecule has 1 amide bonds. The molecule has 0 saturated heterocycles. The topological polar surface area (TPSA) is 90.3 Å². The summed E-state index contributed by atoms with van der Waals surface area (Å²) < 4.78 is 31.6. The minimum atomic E-state index is -3.31. The molecule has 0 radical (unpaired) electrons. The van der Waals surface area contributed by atoms with E-state index in [1.165, 1.54) is 4.68 Å². The molecule has 1 N–H and O–H groups in total.